The predicted molar refractivity (Wildman–Crippen MR) is 93.3 cm³/mol. The molecule has 0 fully saturated rings. The van der Waals surface area contributed by atoms with Gasteiger partial charge >= 0.3 is 5.97 Å². The van der Waals surface area contributed by atoms with Gasteiger partial charge in [0.05, 0.1) is 11.3 Å². The number of hydrogen-bond donors (Lipinski definition) is 1. The number of benzene rings is 2. The van der Waals surface area contributed by atoms with Gasteiger partial charge in [0, 0.05) is 5.39 Å². The smallest absolute Gasteiger partial charge is 0.313 e. The maximum absolute atomic E-state index is 10.8. The van der Waals surface area contributed by atoms with Crippen LogP contribution in [0.25, 0.3) is 23.1 Å². The fourth-order valence-corrected chi connectivity index (χ4v) is 2.86. The van der Waals surface area contributed by atoms with Crippen LogP contribution in [0.15, 0.2) is 59.6 Å². The van der Waals surface area contributed by atoms with Crippen molar-refractivity contribution in [2.45, 2.75) is 5.03 Å². The van der Waals surface area contributed by atoms with Crippen molar-refractivity contribution in [2.75, 3.05) is 5.75 Å². The summed E-state index contributed by atoms with van der Waals surface area (Å²) < 4.78 is 0. The highest BCUT2D eigenvalue weighted by Gasteiger charge is 2.08. The number of carbonyl (C=O) groups is 1. The number of aromatic nitrogens is 2. The highest BCUT2D eigenvalue weighted by molar-refractivity contribution is 8.00. The zero-order valence-electron chi connectivity index (χ0n) is 12.2. The zero-order chi connectivity index (χ0) is 16.1. The van der Waals surface area contributed by atoms with Crippen molar-refractivity contribution in [1.82, 2.24) is 9.97 Å². The first-order chi connectivity index (χ1) is 11.2. The molecule has 2 aromatic carbocycles. The molecular formula is C18H14N2O2S. The highest BCUT2D eigenvalue weighted by atomic mass is 32.2. The van der Waals surface area contributed by atoms with Crippen molar-refractivity contribution < 1.29 is 9.90 Å². The number of carboxylic acid groups (broad SMARTS) is 1. The first-order valence-corrected chi connectivity index (χ1v) is 8.05. The van der Waals surface area contributed by atoms with E-state index in [0.29, 0.717) is 10.9 Å². The lowest BCUT2D eigenvalue weighted by Gasteiger charge is -2.05. The summed E-state index contributed by atoms with van der Waals surface area (Å²) >= 11 is 1.21. The third-order valence-corrected chi connectivity index (χ3v) is 4.12. The Morgan fingerprint density at radius 1 is 1.00 bits per heavy atom. The third-order valence-electron chi connectivity index (χ3n) is 3.14. The monoisotopic (exact) mass is 322 g/mol. The molecule has 3 rings (SSSR count). The molecule has 1 aromatic heterocycles. The Kier molecular flexibility index (Phi) is 4.68. The molecule has 0 aliphatic rings. The standard InChI is InChI=1S/C18H14N2O2S/c21-17(22)12-23-18-14-8-4-5-9-15(14)19-16(20-18)11-10-13-6-2-1-3-7-13/h1-11H,12H2,(H,21,22)/b11-10+. The van der Waals surface area contributed by atoms with Crippen molar-refractivity contribution in [1.29, 1.82) is 0 Å². The van der Waals surface area contributed by atoms with E-state index in [-0.39, 0.29) is 5.75 Å². The quantitative estimate of drug-likeness (QED) is 0.569. The Morgan fingerprint density at radius 3 is 2.52 bits per heavy atom. The Bertz CT molecular complexity index is 863. The molecule has 0 saturated heterocycles. The van der Waals surface area contributed by atoms with E-state index in [1.54, 1.807) is 0 Å². The van der Waals surface area contributed by atoms with Gasteiger partial charge in [-0.2, -0.15) is 0 Å². The van der Waals surface area contributed by atoms with Gasteiger partial charge in [0.1, 0.15) is 5.03 Å². The van der Waals surface area contributed by atoms with E-state index < -0.39 is 5.97 Å². The summed E-state index contributed by atoms with van der Waals surface area (Å²) in [5, 5.41) is 10.4. The summed E-state index contributed by atoms with van der Waals surface area (Å²) in [6.45, 7) is 0. The minimum absolute atomic E-state index is 0.0250. The molecule has 114 valence electrons. The summed E-state index contributed by atoms with van der Waals surface area (Å²) in [5.41, 5.74) is 1.87. The molecule has 0 amide bonds. The van der Waals surface area contributed by atoms with Crippen LogP contribution < -0.4 is 0 Å². The van der Waals surface area contributed by atoms with Gasteiger partial charge in [0.25, 0.3) is 0 Å². The van der Waals surface area contributed by atoms with Crippen LogP contribution in [0, 0.1) is 0 Å². The second kappa shape index (κ2) is 7.07. The van der Waals surface area contributed by atoms with E-state index in [1.807, 2.05) is 66.7 Å². The largest absolute Gasteiger partial charge is 0.481 e. The lowest BCUT2D eigenvalue weighted by molar-refractivity contribution is -0.133. The molecule has 1 heterocycles. The molecule has 1 N–H and O–H groups in total. The average Bonchev–Trinajstić information content (AvgIpc) is 2.58. The van der Waals surface area contributed by atoms with Gasteiger partial charge < -0.3 is 5.11 Å². The first-order valence-electron chi connectivity index (χ1n) is 7.07. The Hall–Kier alpha value is -2.66. The van der Waals surface area contributed by atoms with E-state index in [2.05, 4.69) is 9.97 Å². The zero-order valence-corrected chi connectivity index (χ0v) is 13.0. The van der Waals surface area contributed by atoms with Crippen LogP contribution in [-0.2, 0) is 4.79 Å². The lowest BCUT2D eigenvalue weighted by atomic mass is 10.2. The maximum Gasteiger partial charge on any atom is 0.313 e. The predicted octanol–water partition coefficient (Wildman–Crippen LogP) is 3.98. The van der Waals surface area contributed by atoms with Crippen molar-refractivity contribution in [3.63, 3.8) is 0 Å². The van der Waals surface area contributed by atoms with E-state index in [1.165, 1.54) is 11.8 Å². The van der Waals surface area contributed by atoms with Crippen molar-refractivity contribution in [3.8, 4) is 0 Å². The summed E-state index contributed by atoms with van der Waals surface area (Å²) in [6, 6.07) is 17.5. The average molecular weight is 322 g/mol. The van der Waals surface area contributed by atoms with Crippen molar-refractivity contribution in [2.24, 2.45) is 0 Å². The maximum atomic E-state index is 10.8. The molecule has 0 aliphatic carbocycles. The van der Waals surface area contributed by atoms with Crippen LogP contribution in [0.3, 0.4) is 0 Å². The number of aliphatic carboxylic acids is 1. The van der Waals surface area contributed by atoms with Gasteiger partial charge in [-0.05, 0) is 17.7 Å². The molecule has 0 atom stereocenters. The number of carboxylic acids is 1. The van der Waals surface area contributed by atoms with Gasteiger partial charge in [0.2, 0.25) is 0 Å². The molecule has 0 aliphatic heterocycles. The fourth-order valence-electron chi connectivity index (χ4n) is 2.11. The third kappa shape index (κ3) is 3.96. The van der Waals surface area contributed by atoms with E-state index in [9.17, 15) is 4.79 Å². The Morgan fingerprint density at radius 2 is 1.74 bits per heavy atom. The molecule has 0 saturated carbocycles. The first kappa shape index (κ1) is 15.2. The number of nitrogens with zero attached hydrogens (tertiary/aromatic N) is 2. The van der Waals surface area contributed by atoms with Crippen LogP contribution in [0.2, 0.25) is 0 Å². The summed E-state index contributed by atoms with van der Waals surface area (Å²) in [5.74, 6) is -0.317. The summed E-state index contributed by atoms with van der Waals surface area (Å²) in [7, 11) is 0. The summed E-state index contributed by atoms with van der Waals surface area (Å²) in [4.78, 5) is 19.8. The van der Waals surface area contributed by atoms with E-state index in [0.717, 1.165) is 16.5 Å². The molecule has 3 aromatic rings. The molecule has 0 radical (unpaired) electrons. The van der Waals surface area contributed by atoms with Crippen LogP contribution in [0.5, 0.6) is 0 Å². The topological polar surface area (TPSA) is 63.1 Å². The summed E-state index contributed by atoms with van der Waals surface area (Å²) in [6.07, 6.45) is 3.78. The van der Waals surface area contributed by atoms with Gasteiger partial charge in [-0.3, -0.25) is 4.79 Å². The number of thioether (sulfide) groups is 1. The van der Waals surface area contributed by atoms with Gasteiger partial charge in [-0.15, -0.1) is 0 Å². The Labute approximate surface area is 137 Å². The second-order valence-corrected chi connectivity index (χ2v) is 5.79. The molecule has 5 heteroatoms. The molecule has 0 spiro atoms. The van der Waals surface area contributed by atoms with E-state index >= 15 is 0 Å². The van der Waals surface area contributed by atoms with Crippen LogP contribution in [-0.4, -0.2) is 26.8 Å². The van der Waals surface area contributed by atoms with Crippen LogP contribution >= 0.6 is 11.8 Å². The molecule has 0 unspecified atom stereocenters. The minimum Gasteiger partial charge on any atom is -0.481 e. The minimum atomic E-state index is -0.862. The van der Waals surface area contributed by atoms with Crippen LogP contribution in [0.4, 0.5) is 0 Å². The number of hydrogen-bond acceptors (Lipinski definition) is 4. The molecule has 4 nitrogen and oxygen atoms in total. The van der Waals surface area contributed by atoms with Gasteiger partial charge in [-0.25, -0.2) is 9.97 Å². The normalized spacial score (nSPS) is 11.1. The van der Waals surface area contributed by atoms with Gasteiger partial charge in [-0.1, -0.05) is 66.4 Å². The van der Waals surface area contributed by atoms with Crippen molar-refractivity contribution in [3.05, 3.63) is 66.0 Å². The van der Waals surface area contributed by atoms with E-state index in [4.69, 9.17) is 5.11 Å². The lowest BCUT2D eigenvalue weighted by Crippen LogP contribution is -2.00. The second-order valence-electron chi connectivity index (χ2n) is 4.83. The molecule has 0 bridgehead atoms. The number of rotatable bonds is 5. The van der Waals surface area contributed by atoms with Crippen LogP contribution in [0.1, 0.15) is 11.4 Å². The Balaban J connectivity index is 1.97. The molecular weight excluding hydrogens is 308 g/mol. The highest BCUT2D eigenvalue weighted by Crippen LogP contribution is 2.25. The number of para-hydroxylation sites is 1. The van der Waals surface area contributed by atoms with Gasteiger partial charge in [0.15, 0.2) is 5.82 Å². The fraction of sp³-hybridized carbons (Fsp3) is 0.0556. The number of fused-ring (bicyclic) bond motifs is 1. The van der Waals surface area contributed by atoms with Crippen molar-refractivity contribution >= 4 is 40.8 Å². The molecule has 23 heavy (non-hydrogen) atoms. The SMILES string of the molecule is O=C(O)CSc1nc(/C=C/c2ccccc2)nc2ccccc12.